The molecule has 0 aromatic carbocycles. The van der Waals surface area contributed by atoms with Crippen LogP contribution < -0.4 is 5.32 Å². The molecule has 1 aromatic rings. The van der Waals surface area contributed by atoms with Crippen LogP contribution in [0.2, 0.25) is 0 Å². The molecule has 0 radical (unpaired) electrons. The number of hydrogen-bond acceptors (Lipinski definition) is 4. The van der Waals surface area contributed by atoms with Gasteiger partial charge in [-0.1, -0.05) is 0 Å². The number of rotatable bonds is 3. The molecule has 1 aromatic heterocycles. The fourth-order valence-electron chi connectivity index (χ4n) is 1.82. The highest BCUT2D eigenvalue weighted by Crippen LogP contribution is 2.36. The van der Waals surface area contributed by atoms with Gasteiger partial charge in [0.25, 0.3) is 0 Å². The molecule has 1 saturated heterocycles. The smallest absolute Gasteiger partial charge is 0.245 e. The van der Waals surface area contributed by atoms with Gasteiger partial charge in [-0.2, -0.15) is 4.31 Å². The normalized spacial score (nSPS) is 22.2. The fourth-order valence-corrected chi connectivity index (χ4v) is 7.08. The number of nitrogens with zero attached hydrogens (tertiary/aromatic N) is 1. The number of nitrogens with one attached hydrogen (secondary N) is 1. The van der Waals surface area contributed by atoms with E-state index in [2.05, 4.69) is 37.2 Å². The van der Waals surface area contributed by atoms with Crippen LogP contribution in [-0.2, 0) is 10.0 Å². The summed E-state index contributed by atoms with van der Waals surface area (Å²) >= 11 is 7.98. The molecule has 17 heavy (non-hydrogen) atoms. The summed E-state index contributed by atoms with van der Waals surface area (Å²) in [6, 6.07) is 1.90. The van der Waals surface area contributed by atoms with Crippen LogP contribution in [0.25, 0.3) is 0 Å². The van der Waals surface area contributed by atoms with Crippen molar-refractivity contribution in [3.05, 3.63) is 13.6 Å². The predicted molar refractivity (Wildman–Crippen MR) is 75.9 cm³/mol. The van der Waals surface area contributed by atoms with Gasteiger partial charge in [-0.15, -0.1) is 11.3 Å². The van der Waals surface area contributed by atoms with E-state index < -0.39 is 10.0 Å². The summed E-state index contributed by atoms with van der Waals surface area (Å²) in [4.78, 5) is 0.353. The molecule has 96 valence electrons. The molecule has 0 amide bonds. The van der Waals surface area contributed by atoms with Crippen molar-refractivity contribution in [2.75, 3.05) is 20.1 Å². The molecule has 1 fully saturated rings. The number of hydrogen-bond donors (Lipinski definition) is 1. The van der Waals surface area contributed by atoms with Gasteiger partial charge in [-0.3, -0.25) is 0 Å². The Hall–Kier alpha value is 0.530. The van der Waals surface area contributed by atoms with E-state index >= 15 is 0 Å². The fraction of sp³-hybridized carbons (Fsp3) is 0.556. The molecule has 0 aliphatic carbocycles. The summed E-state index contributed by atoms with van der Waals surface area (Å²) in [5.41, 5.74) is 0. The van der Waals surface area contributed by atoms with Gasteiger partial charge in [0.2, 0.25) is 10.0 Å². The van der Waals surface area contributed by atoms with Crippen LogP contribution in [0.1, 0.15) is 6.42 Å². The Morgan fingerprint density at radius 1 is 1.53 bits per heavy atom. The maximum atomic E-state index is 12.4. The Morgan fingerprint density at radius 3 is 2.71 bits per heavy atom. The van der Waals surface area contributed by atoms with E-state index in [4.69, 9.17) is 0 Å². The van der Waals surface area contributed by atoms with Crippen LogP contribution >= 0.6 is 43.2 Å². The molecule has 0 spiro atoms. The Labute approximate surface area is 122 Å². The van der Waals surface area contributed by atoms with E-state index in [0.29, 0.717) is 21.8 Å². The Bertz CT molecular complexity index is 515. The molecule has 2 heterocycles. The lowest BCUT2D eigenvalue weighted by Crippen LogP contribution is -2.33. The zero-order valence-electron chi connectivity index (χ0n) is 9.11. The van der Waals surface area contributed by atoms with Gasteiger partial charge in [0.15, 0.2) is 0 Å². The van der Waals surface area contributed by atoms with Crippen molar-refractivity contribution in [3.8, 4) is 0 Å². The number of sulfonamides is 1. The summed E-state index contributed by atoms with van der Waals surface area (Å²) < 4.78 is 27.8. The first-order valence-electron chi connectivity index (χ1n) is 5.07. The van der Waals surface area contributed by atoms with Crippen molar-refractivity contribution in [3.63, 3.8) is 0 Å². The van der Waals surface area contributed by atoms with Crippen molar-refractivity contribution in [2.24, 2.45) is 0 Å². The standard InChI is InChI=1S/C9H12Br2N2O2S2/c1-12-6-2-3-13(5-6)17(14,15)7-4-8(10)16-9(7)11/h4,6,12H,2-3,5H2,1H3. The SMILES string of the molecule is CNC1CCN(S(=O)(=O)c2cc(Br)sc2Br)C1. The molecule has 4 nitrogen and oxygen atoms in total. The highest BCUT2D eigenvalue weighted by Gasteiger charge is 2.33. The maximum absolute atomic E-state index is 12.4. The van der Waals surface area contributed by atoms with Crippen LogP contribution in [0.3, 0.4) is 0 Å². The van der Waals surface area contributed by atoms with Crippen LogP contribution in [0.5, 0.6) is 0 Å². The second kappa shape index (κ2) is 5.26. The second-order valence-corrected chi connectivity index (χ2v) is 9.48. The minimum absolute atomic E-state index is 0.255. The first-order valence-corrected chi connectivity index (χ1v) is 8.91. The molecule has 1 N–H and O–H groups in total. The molecular formula is C9H12Br2N2O2S2. The van der Waals surface area contributed by atoms with Crippen LogP contribution in [-0.4, -0.2) is 38.9 Å². The van der Waals surface area contributed by atoms with Gasteiger partial charge >= 0.3 is 0 Å². The minimum atomic E-state index is -3.36. The van der Waals surface area contributed by atoms with Crippen LogP contribution in [0.4, 0.5) is 0 Å². The van der Waals surface area contributed by atoms with Crippen LogP contribution in [0.15, 0.2) is 18.5 Å². The second-order valence-electron chi connectivity index (χ2n) is 3.83. The van der Waals surface area contributed by atoms with Gasteiger partial charge in [0.05, 0.1) is 7.57 Å². The first-order chi connectivity index (χ1) is 7.95. The van der Waals surface area contributed by atoms with Crippen LogP contribution in [0, 0.1) is 0 Å². The van der Waals surface area contributed by atoms with Crippen molar-refractivity contribution in [1.82, 2.24) is 9.62 Å². The van der Waals surface area contributed by atoms with Crippen molar-refractivity contribution in [2.45, 2.75) is 17.4 Å². The molecule has 1 atom stereocenters. The largest absolute Gasteiger partial charge is 0.316 e. The average Bonchev–Trinajstić information content (AvgIpc) is 2.85. The average molecular weight is 404 g/mol. The van der Waals surface area contributed by atoms with E-state index in [-0.39, 0.29) is 6.04 Å². The molecule has 1 unspecified atom stereocenters. The monoisotopic (exact) mass is 402 g/mol. The number of thiophene rings is 1. The Morgan fingerprint density at radius 2 is 2.24 bits per heavy atom. The molecule has 2 rings (SSSR count). The first kappa shape index (κ1) is 14.0. The van der Waals surface area contributed by atoms with Gasteiger partial charge < -0.3 is 5.32 Å². The molecule has 0 saturated carbocycles. The maximum Gasteiger partial charge on any atom is 0.245 e. The van der Waals surface area contributed by atoms with Gasteiger partial charge in [0.1, 0.15) is 4.90 Å². The van der Waals surface area contributed by atoms with Crippen molar-refractivity contribution >= 4 is 53.2 Å². The topological polar surface area (TPSA) is 49.4 Å². The Kier molecular flexibility index (Phi) is 4.32. The third-order valence-electron chi connectivity index (χ3n) is 2.80. The zero-order chi connectivity index (χ0) is 12.6. The summed E-state index contributed by atoms with van der Waals surface area (Å²) in [6.45, 7) is 1.12. The van der Waals surface area contributed by atoms with E-state index in [9.17, 15) is 8.42 Å². The summed E-state index contributed by atoms with van der Waals surface area (Å²) in [5.74, 6) is 0. The highest BCUT2D eigenvalue weighted by atomic mass is 79.9. The third kappa shape index (κ3) is 2.76. The molecule has 0 bridgehead atoms. The summed E-state index contributed by atoms with van der Waals surface area (Å²) in [6.07, 6.45) is 0.860. The molecule has 1 aliphatic rings. The lowest BCUT2D eigenvalue weighted by atomic mass is 10.3. The quantitative estimate of drug-likeness (QED) is 0.841. The molecule has 1 aliphatic heterocycles. The third-order valence-corrected chi connectivity index (χ3v) is 7.42. The zero-order valence-corrected chi connectivity index (χ0v) is 13.9. The van der Waals surface area contributed by atoms with E-state index in [1.807, 2.05) is 7.05 Å². The highest BCUT2D eigenvalue weighted by molar-refractivity contribution is 9.12. The Balaban J connectivity index is 2.28. The van der Waals surface area contributed by atoms with Gasteiger partial charge in [-0.05, 0) is 51.4 Å². The molecule has 8 heteroatoms. The molecular weight excluding hydrogens is 392 g/mol. The number of likely N-dealkylation sites (N-methyl/N-ethyl adjacent to an activating group) is 1. The minimum Gasteiger partial charge on any atom is -0.316 e. The number of halogens is 2. The summed E-state index contributed by atoms with van der Waals surface area (Å²) in [5, 5.41) is 3.11. The van der Waals surface area contributed by atoms with Gasteiger partial charge in [-0.25, -0.2) is 8.42 Å². The van der Waals surface area contributed by atoms with E-state index in [0.717, 1.165) is 10.2 Å². The predicted octanol–water partition coefficient (Wildman–Crippen LogP) is 2.26. The van der Waals surface area contributed by atoms with Gasteiger partial charge in [0, 0.05) is 19.1 Å². The van der Waals surface area contributed by atoms with E-state index in [1.165, 1.54) is 15.6 Å². The van der Waals surface area contributed by atoms with Crippen molar-refractivity contribution in [1.29, 1.82) is 0 Å². The lowest BCUT2D eigenvalue weighted by molar-refractivity contribution is 0.464. The summed E-state index contributed by atoms with van der Waals surface area (Å²) in [7, 11) is -1.51. The lowest BCUT2D eigenvalue weighted by Gasteiger charge is -2.15. The van der Waals surface area contributed by atoms with Crippen molar-refractivity contribution < 1.29 is 8.42 Å². The van der Waals surface area contributed by atoms with E-state index in [1.54, 1.807) is 6.07 Å².